The molecule has 1 aromatic carbocycles. The van der Waals surface area contributed by atoms with Gasteiger partial charge in [0.2, 0.25) is 0 Å². The van der Waals surface area contributed by atoms with Gasteiger partial charge >= 0.3 is 0 Å². The van der Waals surface area contributed by atoms with E-state index in [4.69, 9.17) is 14.2 Å². The smallest absolute Gasteiger partial charge is 0.122 e. The highest BCUT2D eigenvalue weighted by atomic mass is 16.5. The molecule has 0 radical (unpaired) electrons. The van der Waals surface area contributed by atoms with Crippen LogP contribution in [0.2, 0.25) is 0 Å². The van der Waals surface area contributed by atoms with Crippen LogP contribution in [0.5, 0.6) is 11.5 Å². The van der Waals surface area contributed by atoms with Gasteiger partial charge in [0.15, 0.2) is 0 Å². The molecule has 0 aromatic heterocycles. The highest BCUT2D eigenvalue weighted by Gasteiger charge is 2.17. The van der Waals surface area contributed by atoms with Crippen LogP contribution in [-0.2, 0) is 4.74 Å². The molecule has 1 aliphatic heterocycles. The van der Waals surface area contributed by atoms with Crippen molar-refractivity contribution in [2.45, 2.75) is 44.2 Å². The Morgan fingerprint density at radius 2 is 1.95 bits per heavy atom. The third-order valence-corrected chi connectivity index (χ3v) is 4.17. The highest BCUT2D eigenvalue weighted by Crippen LogP contribution is 2.29. The molecule has 2 atom stereocenters. The average molecular weight is 293 g/mol. The molecular weight excluding hydrogens is 266 g/mol. The van der Waals surface area contributed by atoms with Crippen molar-refractivity contribution in [3.8, 4) is 11.5 Å². The number of hydrogen-bond donors (Lipinski definition) is 1. The molecule has 1 heterocycles. The summed E-state index contributed by atoms with van der Waals surface area (Å²) in [5, 5.41) is 3.39. The zero-order valence-corrected chi connectivity index (χ0v) is 13.4. The molecule has 118 valence electrons. The van der Waals surface area contributed by atoms with E-state index in [1.165, 1.54) is 18.4 Å². The van der Waals surface area contributed by atoms with E-state index in [1.54, 1.807) is 14.2 Å². The SMILES string of the molecule is CNC(CCCC1CCCO1)c1cc(OC)cc(OC)c1. The van der Waals surface area contributed by atoms with Crippen LogP contribution in [0, 0.1) is 0 Å². The normalized spacial score (nSPS) is 19.5. The first kappa shape index (κ1) is 16.1. The van der Waals surface area contributed by atoms with Gasteiger partial charge in [-0.25, -0.2) is 0 Å². The molecule has 1 saturated heterocycles. The molecule has 0 bridgehead atoms. The van der Waals surface area contributed by atoms with E-state index in [1.807, 2.05) is 13.1 Å². The minimum absolute atomic E-state index is 0.315. The predicted octanol–water partition coefficient (Wildman–Crippen LogP) is 3.31. The molecule has 4 heteroatoms. The Hall–Kier alpha value is -1.26. The van der Waals surface area contributed by atoms with E-state index in [9.17, 15) is 0 Å². The molecule has 21 heavy (non-hydrogen) atoms. The first-order chi connectivity index (χ1) is 10.3. The average Bonchev–Trinajstić information content (AvgIpc) is 3.04. The van der Waals surface area contributed by atoms with Crippen molar-refractivity contribution >= 4 is 0 Å². The summed E-state index contributed by atoms with van der Waals surface area (Å²) in [6, 6.07) is 6.38. The summed E-state index contributed by atoms with van der Waals surface area (Å²) < 4.78 is 16.4. The van der Waals surface area contributed by atoms with Crippen LogP contribution in [0.15, 0.2) is 18.2 Å². The van der Waals surface area contributed by atoms with Gasteiger partial charge in [-0.15, -0.1) is 0 Å². The molecular formula is C17H27NO3. The zero-order chi connectivity index (χ0) is 15.1. The van der Waals surface area contributed by atoms with Crippen LogP contribution in [0.1, 0.15) is 43.7 Å². The van der Waals surface area contributed by atoms with Crippen LogP contribution in [0.4, 0.5) is 0 Å². The summed E-state index contributed by atoms with van der Waals surface area (Å²) in [4.78, 5) is 0. The van der Waals surface area contributed by atoms with Gasteiger partial charge in [0.1, 0.15) is 11.5 Å². The quantitative estimate of drug-likeness (QED) is 0.798. The second-order valence-electron chi connectivity index (χ2n) is 5.55. The molecule has 0 spiro atoms. The topological polar surface area (TPSA) is 39.7 Å². The van der Waals surface area contributed by atoms with Gasteiger partial charge in [-0.05, 0) is 56.8 Å². The monoisotopic (exact) mass is 293 g/mol. The molecule has 0 aliphatic carbocycles. The standard InChI is InChI=1S/C17H27NO3/c1-18-17(8-4-6-14-7-5-9-21-14)13-10-15(19-2)12-16(11-13)20-3/h10-12,14,17-18H,4-9H2,1-3H3. The lowest BCUT2D eigenvalue weighted by molar-refractivity contribution is 0.101. The first-order valence-corrected chi connectivity index (χ1v) is 7.78. The lowest BCUT2D eigenvalue weighted by Crippen LogP contribution is -2.17. The highest BCUT2D eigenvalue weighted by molar-refractivity contribution is 5.39. The van der Waals surface area contributed by atoms with Gasteiger partial charge in [-0.1, -0.05) is 0 Å². The van der Waals surface area contributed by atoms with Crippen LogP contribution < -0.4 is 14.8 Å². The number of hydrogen-bond acceptors (Lipinski definition) is 4. The Balaban J connectivity index is 1.95. The van der Waals surface area contributed by atoms with Gasteiger partial charge in [0.05, 0.1) is 20.3 Å². The fraction of sp³-hybridized carbons (Fsp3) is 0.647. The van der Waals surface area contributed by atoms with Crippen molar-refractivity contribution in [3.05, 3.63) is 23.8 Å². The molecule has 4 nitrogen and oxygen atoms in total. The Bertz CT molecular complexity index is 408. The van der Waals surface area contributed by atoms with E-state index in [2.05, 4.69) is 17.4 Å². The Morgan fingerprint density at radius 3 is 2.48 bits per heavy atom. The van der Waals surface area contributed by atoms with Gasteiger partial charge in [-0.3, -0.25) is 0 Å². The van der Waals surface area contributed by atoms with E-state index in [-0.39, 0.29) is 0 Å². The fourth-order valence-electron chi connectivity index (χ4n) is 2.93. The minimum atomic E-state index is 0.315. The molecule has 1 fully saturated rings. The lowest BCUT2D eigenvalue weighted by atomic mass is 9.99. The maximum absolute atomic E-state index is 5.69. The Morgan fingerprint density at radius 1 is 1.24 bits per heavy atom. The summed E-state index contributed by atoms with van der Waals surface area (Å²) >= 11 is 0. The molecule has 2 unspecified atom stereocenters. The molecule has 0 amide bonds. The van der Waals surface area contributed by atoms with E-state index < -0.39 is 0 Å². The molecule has 1 N–H and O–H groups in total. The van der Waals surface area contributed by atoms with Gasteiger partial charge in [-0.2, -0.15) is 0 Å². The van der Waals surface area contributed by atoms with Crippen molar-refractivity contribution in [2.24, 2.45) is 0 Å². The maximum Gasteiger partial charge on any atom is 0.122 e. The third-order valence-electron chi connectivity index (χ3n) is 4.17. The Kier molecular flexibility index (Phi) is 6.33. The molecule has 1 aromatic rings. The second kappa shape index (κ2) is 8.25. The zero-order valence-electron chi connectivity index (χ0n) is 13.4. The number of benzene rings is 1. The first-order valence-electron chi connectivity index (χ1n) is 7.78. The second-order valence-corrected chi connectivity index (χ2v) is 5.55. The largest absolute Gasteiger partial charge is 0.497 e. The van der Waals surface area contributed by atoms with Crippen molar-refractivity contribution in [2.75, 3.05) is 27.9 Å². The predicted molar refractivity (Wildman–Crippen MR) is 84.2 cm³/mol. The van der Waals surface area contributed by atoms with Crippen LogP contribution >= 0.6 is 0 Å². The van der Waals surface area contributed by atoms with Crippen molar-refractivity contribution in [1.29, 1.82) is 0 Å². The number of ether oxygens (including phenoxy) is 3. The maximum atomic E-state index is 5.69. The van der Waals surface area contributed by atoms with Crippen LogP contribution in [-0.4, -0.2) is 34.0 Å². The van der Waals surface area contributed by atoms with E-state index in [0.717, 1.165) is 37.4 Å². The number of methoxy groups -OCH3 is 2. The summed E-state index contributed by atoms with van der Waals surface area (Å²) in [5.74, 6) is 1.67. The molecule has 1 aliphatic rings. The van der Waals surface area contributed by atoms with Crippen molar-refractivity contribution in [1.82, 2.24) is 5.32 Å². The summed E-state index contributed by atoms with van der Waals surface area (Å²) in [5.41, 5.74) is 1.21. The van der Waals surface area contributed by atoms with Crippen LogP contribution in [0.25, 0.3) is 0 Å². The minimum Gasteiger partial charge on any atom is -0.497 e. The number of rotatable bonds is 8. The van der Waals surface area contributed by atoms with Crippen molar-refractivity contribution < 1.29 is 14.2 Å². The van der Waals surface area contributed by atoms with Gasteiger partial charge in [0.25, 0.3) is 0 Å². The summed E-state index contributed by atoms with van der Waals surface area (Å²) in [6.07, 6.45) is 6.31. The van der Waals surface area contributed by atoms with Crippen LogP contribution in [0.3, 0.4) is 0 Å². The van der Waals surface area contributed by atoms with Gasteiger partial charge in [0, 0.05) is 18.7 Å². The number of nitrogens with one attached hydrogen (secondary N) is 1. The third kappa shape index (κ3) is 4.61. The molecule has 0 saturated carbocycles. The van der Waals surface area contributed by atoms with Gasteiger partial charge < -0.3 is 19.5 Å². The van der Waals surface area contributed by atoms with Crippen molar-refractivity contribution in [3.63, 3.8) is 0 Å². The lowest BCUT2D eigenvalue weighted by Gasteiger charge is -2.19. The summed E-state index contributed by atoms with van der Waals surface area (Å²) in [6.45, 7) is 0.938. The Labute approximate surface area is 127 Å². The van der Waals surface area contributed by atoms with E-state index in [0.29, 0.717) is 12.1 Å². The fourth-order valence-corrected chi connectivity index (χ4v) is 2.93. The van der Waals surface area contributed by atoms with E-state index >= 15 is 0 Å². The summed E-state index contributed by atoms with van der Waals surface area (Å²) in [7, 11) is 5.37. The molecule has 2 rings (SSSR count).